The van der Waals surface area contributed by atoms with E-state index in [0.717, 1.165) is 18.7 Å². The van der Waals surface area contributed by atoms with Gasteiger partial charge < -0.3 is 10.2 Å². The standard InChI is InChI=1S/C23H29FN4O2/c1-18(19-7-4-3-5-8-19)26(2)23(30)17-28-13-11-27(12-14-28)16-22(29)25-21-10-6-9-20(24)15-21/h3-10,15,18H,11-14,16-17H2,1-2H3,(H,25,29)/t18-/m0/s1. The number of carbonyl (C=O) groups excluding carboxylic acids is 2. The van der Waals surface area contributed by atoms with Crippen molar-refractivity contribution in [2.24, 2.45) is 0 Å². The molecule has 0 bridgehead atoms. The van der Waals surface area contributed by atoms with E-state index in [-0.39, 0.29) is 30.2 Å². The van der Waals surface area contributed by atoms with E-state index in [9.17, 15) is 14.0 Å². The highest BCUT2D eigenvalue weighted by Gasteiger charge is 2.23. The molecule has 1 heterocycles. The van der Waals surface area contributed by atoms with Crippen LogP contribution in [0.3, 0.4) is 0 Å². The second-order valence-electron chi connectivity index (χ2n) is 7.70. The number of nitrogens with zero attached hydrogens (tertiary/aromatic N) is 3. The van der Waals surface area contributed by atoms with Gasteiger partial charge in [0.2, 0.25) is 11.8 Å². The quantitative estimate of drug-likeness (QED) is 0.760. The van der Waals surface area contributed by atoms with E-state index in [1.807, 2.05) is 49.2 Å². The van der Waals surface area contributed by atoms with Crippen molar-refractivity contribution in [3.63, 3.8) is 0 Å². The van der Waals surface area contributed by atoms with Crippen molar-refractivity contribution in [2.75, 3.05) is 51.6 Å². The number of hydrogen-bond donors (Lipinski definition) is 1. The molecule has 1 atom stereocenters. The van der Waals surface area contributed by atoms with Crippen LogP contribution in [0.15, 0.2) is 54.6 Å². The van der Waals surface area contributed by atoms with Crippen LogP contribution in [-0.2, 0) is 9.59 Å². The molecule has 6 nitrogen and oxygen atoms in total. The molecule has 2 aromatic rings. The molecule has 1 aliphatic heterocycles. The van der Waals surface area contributed by atoms with Gasteiger partial charge in [-0.15, -0.1) is 0 Å². The lowest BCUT2D eigenvalue weighted by atomic mass is 10.1. The van der Waals surface area contributed by atoms with Crippen molar-refractivity contribution < 1.29 is 14.0 Å². The predicted molar refractivity (Wildman–Crippen MR) is 116 cm³/mol. The minimum absolute atomic E-state index is 0.0199. The van der Waals surface area contributed by atoms with Crippen LogP contribution in [0.1, 0.15) is 18.5 Å². The van der Waals surface area contributed by atoms with E-state index in [2.05, 4.69) is 10.2 Å². The van der Waals surface area contributed by atoms with Gasteiger partial charge in [-0.1, -0.05) is 36.4 Å². The summed E-state index contributed by atoms with van der Waals surface area (Å²) in [7, 11) is 1.84. The van der Waals surface area contributed by atoms with Crippen LogP contribution in [-0.4, -0.2) is 72.8 Å². The van der Waals surface area contributed by atoms with E-state index in [4.69, 9.17) is 0 Å². The Morgan fingerprint density at radius 1 is 1.00 bits per heavy atom. The van der Waals surface area contributed by atoms with Crippen LogP contribution in [0.5, 0.6) is 0 Å². The van der Waals surface area contributed by atoms with Gasteiger partial charge in [0.25, 0.3) is 0 Å². The van der Waals surface area contributed by atoms with Crippen molar-refractivity contribution in [1.82, 2.24) is 14.7 Å². The van der Waals surface area contributed by atoms with Gasteiger partial charge in [0.15, 0.2) is 0 Å². The zero-order chi connectivity index (χ0) is 21.5. The second-order valence-corrected chi connectivity index (χ2v) is 7.70. The topological polar surface area (TPSA) is 55.9 Å². The predicted octanol–water partition coefficient (Wildman–Crippen LogP) is 2.60. The maximum absolute atomic E-state index is 13.2. The molecule has 30 heavy (non-hydrogen) atoms. The molecule has 0 unspecified atom stereocenters. The fourth-order valence-corrected chi connectivity index (χ4v) is 3.55. The SMILES string of the molecule is C[C@@H](c1ccccc1)N(C)C(=O)CN1CCN(CC(=O)Nc2cccc(F)c2)CC1. The van der Waals surface area contributed by atoms with Crippen molar-refractivity contribution in [1.29, 1.82) is 0 Å². The summed E-state index contributed by atoms with van der Waals surface area (Å²) in [4.78, 5) is 30.8. The average molecular weight is 413 g/mol. The molecule has 160 valence electrons. The van der Waals surface area contributed by atoms with E-state index in [1.165, 1.54) is 12.1 Å². The highest BCUT2D eigenvalue weighted by Crippen LogP contribution is 2.18. The number of halogens is 1. The molecule has 1 N–H and O–H groups in total. The molecule has 1 fully saturated rings. The molecule has 0 aromatic heterocycles. The summed E-state index contributed by atoms with van der Waals surface area (Å²) in [5, 5.41) is 2.72. The zero-order valence-electron chi connectivity index (χ0n) is 17.6. The van der Waals surface area contributed by atoms with Crippen molar-refractivity contribution in [3.05, 3.63) is 66.0 Å². The summed E-state index contributed by atoms with van der Waals surface area (Å²) in [6.07, 6.45) is 0. The molecule has 3 rings (SSSR count). The summed E-state index contributed by atoms with van der Waals surface area (Å²) < 4.78 is 13.2. The van der Waals surface area contributed by atoms with Crippen molar-refractivity contribution >= 4 is 17.5 Å². The number of hydrogen-bond acceptors (Lipinski definition) is 4. The lowest BCUT2D eigenvalue weighted by molar-refractivity contribution is -0.133. The maximum atomic E-state index is 13.2. The van der Waals surface area contributed by atoms with Crippen LogP contribution >= 0.6 is 0 Å². The highest BCUT2D eigenvalue weighted by molar-refractivity contribution is 5.92. The smallest absolute Gasteiger partial charge is 0.238 e. The summed E-state index contributed by atoms with van der Waals surface area (Å²) >= 11 is 0. The maximum Gasteiger partial charge on any atom is 0.238 e. The molecule has 1 aliphatic rings. The van der Waals surface area contributed by atoms with Gasteiger partial charge >= 0.3 is 0 Å². The molecular weight excluding hydrogens is 383 g/mol. The van der Waals surface area contributed by atoms with Gasteiger partial charge in [-0.3, -0.25) is 19.4 Å². The summed E-state index contributed by atoms with van der Waals surface area (Å²) in [5.74, 6) is -0.456. The molecule has 0 aliphatic carbocycles. The average Bonchev–Trinajstić information content (AvgIpc) is 2.74. The number of piperazine rings is 1. The molecular formula is C23H29FN4O2. The van der Waals surface area contributed by atoms with Gasteiger partial charge in [-0.25, -0.2) is 4.39 Å². The third kappa shape index (κ3) is 6.11. The van der Waals surface area contributed by atoms with Gasteiger partial charge in [-0.05, 0) is 30.7 Å². The Kier molecular flexibility index (Phi) is 7.54. The first kappa shape index (κ1) is 21.9. The molecule has 0 spiro atoms. The van der Waals surface area contributed by atoms with E-state index in [1.54, 1.807) is 17.0 Å². The Balaban J connectivity index is 1.41. The second kappa shape index (κ2) is 10.3. The molecule has 0 radical (unpaired) electrons. The zero-order valence-corrected chi connectivity index (χ0v) is 17.6. The Morgan fingerprint density at radius 2 is 1.63 bits per heavy atom. The van der Waals surface area contributed by atoms with Gasteiger partial charge in [0, 0.05) is 38.9 Å². The van der Waals surface area contributed by atoms with Crippen LogP contribution in [0.25, 0.3) is 0 Å². The number of nitrogens with one attached hydrogen (secondary N) is 1. The number of likely N-dealkylation sites (N-methyl/N-ethyl adjacent to an activating group) is 1. The number of rotatable bonds is 7. The van der Waals surface area contributed by atoms with E-state index < -0.39 is 0 Å². The first-order chi connectivity index (χ1) is 14.4. The highest BCUT2D eigenvalue weighted by atomic mass is 19.1. The minimum atomic E-state index is -0.377. The largest absolute Gasteiger partial charge is 0.338 e. The van der Waals surface area contributed by atoms with Crippen LogP contribution < -0.4 is 5.32 Å². The first-order valence-corrected chi connectivity index (χ1v) is 10.2. The van der Waals surface area contributed by atoms with Gasteiger partial charge in [0.05, 0.1) is 19.1 Å². The third-order valence-electron chi connectivity index (χ3n) is 5.56. The number of benzene rings is 2. The Hall–Kier alpha value is -2.77. The van der Waals surface area contributed by atoms with Crippen LogP contribution in [0, 0.1) is 5.82 Å². The van der Waals surface area contributed by atoms with E-state index in [0.29, 0.717) is 25.3 Å². The number of carbonyl (C=O) groups is 2. The molecule has 2 aromatic carbocycles. The molecule has 7 heteroatoms. The van der Waals surface area contributed by atoms with Crippen LogP contribution in [0.2, 0.25) is 0 Å². The third-order valence-corrected chi connectivity index (χ3v) is 5.56. The number of amides is 2. The minimum Gasteiger partial charge on any atom is -0.338 e. The Bertz CT molecular complexity index is 853. The molecule has 0 saturated carbocycles. The molecule has 2 amide bonds. The lowest BCUT2D eigenvalue weighted by Gasteiger charge is -2.35. The number of anilines is 1. The fourth-order valence-electron chi connectivity index (χ4n) is 3.55. The summed E-state index contributed by atoms with van der Waals surface area (Å²) in [6.45, 7) is 5.53. The Labute approximate surface area is 177 Å². The summed E-state index contributed by atoms with van der Waals surface area (Å²) in [5.41, 5.74) is 1.57. The fraction of sp³-hybridized carbons (Fsp3) is 0.391. The monoisotopic (exact) mass is 412 g/mol. The first-order valence-electron chi connectivity index (χ1n) is 10.2. The molecule has 1 saturated heterocycles. The van der Waals surface area contributed by atoms with Crippen molar-refractivity contribution in [2.45, 2.75) is 13.0 Å². The normalized spacial score (nSPS) is 16.1. The lowest BCUT2D eigenvalue weighted by Crippen LogP contribution is -2.51. The van der Waals surface area contributed by atoms with Gasteiger partial charge in [0.1, 0.15) is 5.82 Å². The van der Waals surface area contributed by atoms with Crippen molar-refractivity contribution in [3.8, 4) is 0 Å². The summed E-state index contributed by atoms with van der Waals surface area (Å²) in [6, 6.07) is 15.9. The van der Waals surface area contributed by atoms with E-state index >= 15 is 0 Å². The Morgan fingerprint density at radius 3 is 2.27 bits per heavy atom. The van der Waals surface area contributed by atoms with Crippen LogP contribution in [0.4, 0.5) is 10.1 Å². The van der Waals surface area contributed by atoms with Gasteiger partial charge in [-0.2, -0.15) is 0 Å².